The molecule has 1 aliphatic heterocycles. The van der Waals surface area contributed by atoms with E-state index in [0.717, 1.165) is 17.4 Å². The molecular formula is C22H22N4O4S. The van der Waals surface area contributed by atoms with Crippen molar-refractivity contribution >= 4 is 33.0 Å². The summed E-state index contributed by atoms with van der Waals surface area (Å²) in [6.07, 6.45) is 4.27. The highest BCUT2D eigenvalue weighted by Gasteiger charge is 2.34. The Morgan fingerprint density at radius 1 is 1.06 bits per heavy atom. The van der Waals surface area contributed by atoms with Crippen molar-refractivity contribution in [3.63, 3.8) is 0 Å². The summed E-state index contributed by atoms with van der Waals surface area (Å²) in [7, 11) is -3.29. The molecule has 0 fully saturated rings. The highest BCUT2D eigenvalue weighted by Crippen LogP contribution is 2.39. The number of nitrogens with one attached hydrogen (secondary N) is 1. The number of benzene rings is 2. The number of aromatic amines is 1. The minimum absolute atomic E-state index is 0.107. The zero-order chi connectivity index (χ0) is 22.3. The van der Waals surface area contributed by atoms with E-state index in [-0.39, 0.29) is 28.6 Å². The molecule has 0 saturated carbocycles. The van der Waals surface area contributed by atoms with Gasteiger partial charge in [-0.2, -0.15) is 0 Å². The molecule has 0 radical (unpaired) electrons. The summed E-state index contributed by atoms with van der Waals surface area (Å²) in [6.45, 7) is 3.72. The van der Waals surface area contributed by atoms with Gasteiger partial charge in [-0.3, -0.25) is 9.59 Å². The number of carbonyl (C=O) groups excluding carboxylic acids is 2. The van der Waals surface area contributed by atoms with Crippen molar-refractivity contribution in [2.45, 2.75) is 24.8 Å². The van der Waals surface area contributed by atoms with Crippen LogP contribution in [0.5, 0.6) is 0 Å². The van der Waals surface area contributed by atoms with Crippen molar-refractivity contribution in [2.24, 2.45) is 0 Å². The molecule has 2 aromatic carbocycles. The van der Waals surface area contributed by atoms with Crippen LogP contribution in [0, 0.1) is 0 Å². The van der Waals surface area contributed by atoms with Crippen LogP contribution in [0.1, 0.15) is 24.5 Å². The second kappa shape index (κ2) is 7.66. The van der Waals surface area contributed by atoms with Gasteiger partial charge in [0.2, 0.25) is 5.91 Å². The van der Waals surface area contributed by atoms with Crippen LogP contribution < -0.4 is 9.80 Å². The molecule has 0 unspecified atom stereocenters. The molecule has 31 heavy (non-hydrogen) atoms. The van der Waals surface area contributed by atoms with Crippen LogP contribution in [0.3, 0.4) is 0 Å². The molecule has 9 heteroatoms. The summed E-state index contributed by atoms with van der Waals surface area (Å²) < 4.78 is 23.5. The lowest BCUT2D eigenvalue weighted by atomic mass is 10.0. The lowest BCUT2D eigenvalue weighted by molar-refractivity contribution is -0.117. The molecule has 3 aromatic rings. The van der Waals surface area contributed by atoms with Crippen LogP contribution in [0.15, 0.2) is 59.8 Å². The van der Waals surface area contributed by atoms with Crippen LogP contribution in [0.25, 0.3) is 11.1 Å². The number of fused-ring (bicyclic) bond motifs is 1. The smallest absolute Gasteiger partial charge is 0.294 e. The lowest BCUT2D eigenvalue weighted by Gasteiger charge is -2.40. The number of rotatable bonds is 3. The summed E-state index contributed by atoms with van der Waals surface area (Å²) in [5.74, 6) is -0.174. The monoisotopic (exact) mass is 438 g/mol. The molecular weight excluding hydrogens is 416 g/mol. The van der Waals surface area contributed by atoms with E-state index in [1.54, 1.807) is 40.3 Å². The Morgan fingerprint density at radius 3 is 2.32 bits per heavy atom. The first-order valence-electron chi connectivity index (χ1n) is 9.72. The second-order valence-corrected chi connectivity index (χ2v) is 9.61. The van der Waals surface area contributed by atoms with Crippen LogP contribution in [0.2, 0.25) is 0 Å². The number of carbonyl (C=O) groups is 2. The predicted molar refractivity (Wildman–Crippen MR) is 118 cm³/mol. The number of hydrogen-bond donors (Lipinski definition) is 1. The Hall–Kier alpha value is -3.46. The molecule has 160 valence electrons. The van der Waals surface area contributed by atoms with Crippen molar-refractivity contribution in [2.75, 3.05) is 22.6 Å². The lowest BCUT2D eigenvalue weighted by Crippen LogP contribution is -2.51. The van der Waals surface area contributed by atoms with Crippen LogP contribution in [0.4, 0.5) is 11.4 Å². The summed E-state index contributed by atoms with van der Waals surface area (Å²) in [5, 5.41) is 0. The van der Waals surface area contributed by atoms with Gasteiger partial charge in [0.1, 0.15) is 0 Å². The van der Waals surface area contributed by atoms with Gasteiger partial charge in [-0.05, 0) is 42.3 Å². The SMILES string of the molecule is CC(=O)N1c2ccc(-c3ccc(S(C)(=O)=O)cc3)cc2N(C(=O)c2ncc[nH]2)C[C@@H]1C. The molecule has 0 bridgehead atoms. The Kier molecular flexibility index (Phi) is 5.14. The normalized spacial score (nSPS) is 16.2. The van der Waals surface area contributed by atoms with Gasteiger partial charge in [0.25, 0.3) is 5.91 Å². The van der Waals surface area contributed by atoms with Gasteiger partial charge in [-0.25, -0.2) is 13.4 Å². The fraction of sp³-hybridized carbons (Fsp3) is 0.227. The fourth-order valence-electron chi connectivity index (χ4n) is 3.88. The minimum Gasteiger partial charge on any atom is -0.341 e. The molecule has 1 aromatic heterocycles. The standard InChI is InChI=1S/C22H22N4O4S/c1-14-13-25(22(28)21-23-10-11-24-21)20-12-17(6-9-19(20)26(14)15(2)27)16-4-7-18(8-5-16)31(3,29)30/h4-12,14H,13H2,1-3H3,(H,23,24)/t14-/m0/s1. The molecule has 0 aliphatic carbocycles. The number of amides is 2. The predicted octanol–water partition coefficient (Wildman–Crippen LogP) is 2.88. The molecule has 1 N–H and O–H groups in total. The molecule has 2 amide bonds. The average molecular weight is 439 g/mol. The van der Waals surface area contributed by atoms with Crippen LogP contribution in [-0.2, 0) is 14.6 Å². The second-order valence-electron chi connectivity index (χ2n) is 7.59. The van der Waals surface area contributed by atoms with Crippen molar-refractivity contribution in [3.8, 4) is 11.1 Å². The molecule has 8 nitrogen and oxygen atoms in total. The first kappa shape index (κ1) is 20.8. The average Bonchev–Trinajstić information content (AvgIpc) is 3.26. The zero-order valence-electron chi connectivity index (χ0n) is 17.4. The third kappa shape index (κ3) is 3.84. The molecule has 2 heterocycles. The quantitative estimate of drug-likeness (QED) is 0.677. The topological polar surface area (TPSA) is 103 Å². The third-order valence-electron chi connectivity index (χ3n) is 5.31. The molecule has 1 atom stereocenters. The minimum atomic E-state index is -3.29. The number of H-pyrrole nitrogens is 1. The Labute approximate surface area is 180 Å². The van der Waals surface area contributed by atoms with E-state index in [9.17, 15) is 18.0 Å². The largest absolute Gasteiger partial charge is 0.341 e. The van der Waals surface area contributed by atoms with E-state index >= 15 is 0 Å². The van der Waals surface area contributed by atoms with Gasteiger partial charge in [0.15, 0.2) is 15.7 Å². The maximum atomic E-state index is 13.1. The van der Waals surface area contributed by atoms with Gasteiger partial charge >= 0.3 is 0 Å². The van der Waals surface area contributed by atoms with Crippen molar-refractivity contribution in [3.05, 3.63) is 60.7 Å². The van der Waals surface area contributed by atoms with E-state index in [1.807, 2.05) is 25.1 Å². The van der Waals surface area contributed by atoms with Gasteiger partial charge < -0.3 is 14.8 Å². The maximum Gasteiger partial charge on any atom is 0.294 e. The van der Waals surface area contributed by atoms with Crippen molar-refractivity contribution in [1.29, 1.82) is 0 Å². The highest BCUT2D eigenvalue weighted by molar-refractivity contribution is 7.90. The van der Waals surface area contributed by atoms with Gasteiger partial charge in [-0.15, -0.1) is 0 Å². The van der Waals surface area contributed by atoms with Crippen LogP contribution >= 0.6 is 0 Å². The van der Waals surface area contributed by atoms with E-state index in [0.29, 0.717) is 17.9 Å². The van der Waals surface area contributed by atoms with E-state index in [4.69, 9.17) is 0 Å². The van der Waals surface area contributed by atoms with E-state index in [1.165, 1.54) is 13.1 Å². The fourth-order valence-corrected chi connectivity index (χ4v) is 4.51. The molecule has 0 spiro atoms. The van der Waals surface area contributed by atoms with Gasteiger partial charge in [0.05, 0.1) is 22.3 Å². The summed E-state index contributed by atoms with van der Waals surface area (Å²) >= 11 is 0. The first-order valence-corrected chi connectivity index (χ1v) is 11.6. The number of aromatic nitrogens is 2. The Morgan fingerprint density at radius 2 is 1.74 bits per heavy atom. The number of imidazole rings is 1. The van der Waals surface area contributed by atoms with Crippen molar-refractivity contribution in [1.82, 2.24) is 9.97 Å². The summed E-state index contributed by atoms with van der Waals surface area (Å²) in [6, 6.07) is 11.9. The zero-order valence-corrected chi connectivity index (χ0v) is 18.2. The Balaban J connectivity index is 1.81. The number of anilines is 2. The molecule has 0 saturated heterocycles. The van der Waals surface area contributed by atoms with Gasteiger partial charge in [-0.1, -0.05) is 18.2 Å². The first-order chi connectivity index (χ1) is 14.7. The van der Waals surface area contributed by atoms with Crippen molar-refractivity contribution < 1.29 is 18.0 Å². The highest BCUT2D eigenvalue weighted by atomic mass is 32.2. The van der Waals surface area contributed by atoms with E-state index in [2.05, 4.69) is 9.97 Å². The van der Waals surface area contributed by atoms with Gasteiger partial charge in [0, 0.05) is 32.1 Å². The third-order valence-corrected chi connectivity index (χ3v) is 6.44. The number of hydrogen-bond acceptors (Lipinski definition) is 5. The molecule has 1 aliphatic rings. The summed E-state index contributed by atoms with van der Waals surface area (Å²) in [5.41, 5.74) is 2.84. The summed E-state index contributed by atoms with van der Waals surface area (Å²) in [4.78, 5) is 35.9. The molecule has 4 rings (SSSR count). The number of nitrogens with zero attached hydrogens (tertiary/aromatic N) is 3. The number of sulfone groups is 1. The van der Waals surface area contributed by atoms with E-state index < -0.39 is 9.84 Å². The van der Waals surface area contributed by atoms with Crippen LogP contribution in [-0.4, -0.2) is 49.0 Å². The maximum absolute atomic E-state index is 13.1. The Bertz CT molecular complexity index is 1250.